The van der Waals surface area contributed by atoms with Crippen molar-refractivity contribution in [2.45, 2.75) is 46.2 Å². The molecule has 174 valence electrons. The molecule has 2 atom stereocenters. The maximum Gasteiger partial charge on any atom is 0.235 e. The fraction of sp³-hybridized carbons (Fsp3) is 0.480. The molecule has 32 heavy (non-hydrogen) atoms. The molecule has 1 aliphatic heterocycles. The first-order valence-electron chi connectivity index (χ1n) is 11.3. The molecule has 1 N–H and O–H groups in total. The number of nitrogens with zero attached hydrogens (tertiary/aromatic N) is 2. The van der Waals surface area contributed by atoms with Crippen LogP contribution in [0.5, 0.6) is 0 Å². The van der Waals surface area contributed by atoms with Gasteiger partial charge in [0.05, 0.1) is 18.8 Å². The Kier molecular flexibility index (Phi) is 7.96. The van der Waals surface area contributed by atoms with E-state index in [1.54, 1.807) is 0 Å². The molecule has 0 bridgehead atoms. The summed E-state index contributed by atoms with van der Waals surface area (Å²) in [6, 6.07) is 15.7. The summed E-state index contributed by atoms with van der Waals surface area (Å²) in [5.74, 6) is 0.392. The normalized spacial score (nSPS) is 17.9. The van der Waals surface area contributed by atoms with Crippen molar-refractivity contribution in [2.75, 3.05) is 30.8 Å². The zero-order valence-corrected chi connectivity index (χ0v) is 20.4. The van der Waals surface area contributed by atoms with Gasteiger partial charge in [0.1, 0.15) is 0 Å². The van der Waals surface area contributed by atoms with Gasteiger partial charge < -0.3 is 10.2 Å². The molecule has 1 aliphatic rings. The lowest BCUT2D eigenvalue weighted by Crippen LogP contribution is -2.40. The van der Waals surface area contributed by atoms with E-state index in [0.29, 0.717) is 5.92 Å². The van der Waals surface area contributed by atoms with Gasteiger partial charge in [-0.05, 0) is 55.9 Å². The molecule has 0 spiro atoms. The van der Waals surface area contributed by atoms with Crippen LogP contribution in [0.4, 0.5) is 5.69 Å². The lowest BCUT2D eigenvalue weighted by atomic mass is 9.99. The van der Waals surface area contributed by atoms with Gasteiger partial charge in [-0.1, -0.05) is 48.9 Å². The van der Waals surface area contributed by atoms with Crippen molar-refractivity contribution in [2.24, 2.45) is 5.92 Å². The predicted molar refractivity (Wildman–Crippen MR) is 130 cm³/mol. The van der Waals surface area contributed by atoms with E-state index in [2.05, 4.69) is 29.3 Å². The standard InChI is InChI=1S/C25H35N3O3S/c1-19-7-9-22(10-8-19)17-28(32(4,30)31)18-25(29)26-21(3)23-11-13-24(14-12-23)27-15-5-6-20(2)16-27/h7-14,20-21H,5-6,15-18H2,1-4H3,(H,26,29)/t20-,21-/m0/s1. The van der Waals surface area contributed by atoms with Gasteiger partial charge in [-0.2, -0.15) is 4.31 Å². The summed E-state index contributed by atoms with van der Waals surface area (Å²) in [4.78, 5) is 15.1. The fourth-order valence-electron chi connectivity index (χ4n) is 4.12. The van der Waals surface area contributed by atoms with Gasteiger partial charge in [0.15, 0.2) is 0 Å². The zero-order chi connectivity index (χ0) is 23.3. The summed E-state index contributed by atoms with van der Waals surface area (Å²) in [7, 11) is -3.52. The molecule has 2 aromatic carbocycles. The molecular formula is C25H35N3O3S. The Morgan fingerprint density at radius 1 is 1.16 bits per heavy atom. The number of aryl methyl sites for hydroxylation is 1. The number of hydrogen-bond donors (Lipinski definition) is 1. The predicted octanol–water partition coefficient (Wildman–Crippen LogP) is 3.87. The van der Waals surface area contributed by atoms with Crippen LogP contribution in [0.15, 0.2) is 48.5 Å². The molecule has 2 aromatic rings. The summed E-state index contributed by atoms with van der Waals surface area (Å²) < 4.78 is 25.7. The van der Waals surface area contributed by atoms with Crippen molar-refractivity contribution in [3.63, 3.8) is 0 Å². The van der Waals surface area contributed by atoms with Gasteiger partial charge in [0.25, 0.3) is 0 Å². The number of carbonyl (C=O) groups excluding carboxylic acids is 1. The Morgan fingerprint density at radius 3 is 2.41 bits per heavy atom. The Balaban J connectivity index is 1.60. The molecule has 0 saturated carbocycles. The molecule has 7 heteroatoms. The van der Waals surface area contributed by atoms with Crippen LogP contribution in [0.1, 0.15) is 49.4 Å². The van der Waals surface area contributed by atoms with E-state index in [-0.39, 0.29) is 25.0 Å². The lowest BCUT2D eigenvalue weighted by molar-refractivity contribution is -0.122. The third-order valence-electron chi connectivity index (χ3n) is 6.06. The second-order valence-electron chi connectivity index (χ2n) is 9.09. The van der Waals surface area contributed by atoms with Gasteiger partial charge in [-0.25, -0.2) is 8.42 Å². The SMILES string of the molecule is Cc1ccc(CN(CC(=O)N[C@@H](C)c2ccc(N3CCC[C@H](C)C3)cc2)S(C)(=O)=O)cc1. The Bertz CT molecular complexity index is 1000. The van der Waals surface area contributed by atoms with Crippen molar-refractivity contribution in [3.8, 4) is 0 Å². The first kappa shape index (κ1) is 24.3. The van der Waals surface area contributed by atoms with Crippen LogP contribution in [0.2, 0.25) is 0 Å². The molecule has 0 aliphatic carbocycles. The van der Waals surface area contributed by atoms with Crippen molar-refractivity contribution >= 4 is 21.6 Å². The highest BCUT2D eigenvalue weighted by atomic mass is 32.2. The van der Waals surface area contributed by atoms with Crippen molar-refractivity contribution in [1.29, 1.82) is 0 Å². The molecule has 1 amide bonds. The first-order chi connectivity index (χ1) is 15.1. The highest BCUT2D eigenvalue weighted by Gasteiger charge is 2.22. The molecule has 0 unspecified atom stereocenters. The number of carbonyl (C=O) groups is 1. The number of amides is 1. The third-order valence-corrected chi connectivity index (χ3v) is 7.26. The minimum atomic E-state index is -3.52. The van der Waals surface area contributed by atoms with Crippen LogP contribution in [0.3, 0.4) is 0 Å². The number of rotatable bonds is 8. The molecule has 6 nitrogen and oxygen atoms in total. The number of sulfonamides is 1. The van der Waals surface area contributed by atoms with Crippen LogP contribution in [-0.4, -0.2) is 44.5 Å². The van der Waals surface area contributed by atoms with Crippen LogP contribution in [0.25, 0.3) is 0 Å². The molecule has 3 rings (SSSR count). The molecular weight excluding hydrogens is 422 g/mol. The van der Waals surface area contributed by atoms with E-state index in [1.165, 1.54) is 22.8 Å². The van der Waals surface area contributed by atoms with Gasteiger partial charge in [-0.15, -0.1) is 0 Å². The van der Waals surface area contributed by atoms with E-state index in [1.807, 2.05) is 50.2 Å². The number of hydrogen-bond acceptors (Lipinski definition) is 4. The summed E-state index contributed by atoms with van der Waals surface area (Å²) in [5, 5.41) is 2.94. The Morgan fingerprint density at radius 2 is 1.81 bits per heavy atom. The number of anilines is 1. The number of benzene rings is 2. The van der Waals surface area contributed by atoms with Crippen molar-refractivity contribution in [1.82, 2.24) is 9.62 Å². The van der Waals surface area contributed by atoms with Gasteiger partial charge in [-0.3, -0.25) is 4.79 Å². The average Bonchev–Trinajstić information content (AvgIpc) is 2.74. The maximum absolute atomic E-state index is 12.7. The largest absolute Gasteiger partial charge is 0.371 e. The summed E-state index contributed by atoms with van der Waals surface area (Å²) in [6.07, 6.45) is 3.64. The van der Waals surface area contributed by atoms with Crippen LogP contribution in [-0.2, 0) is 21.4 Å². The number of piperidine rings is 1. The van der Waals surface area contributed by atoms with E-state index in [0.717, 1.165) is 36.0 Å². The molecule has 1 heterocycles. The minimum Gasteiger partial charge on any atom is -0.371 e. The van der Waals surface area contributed by atoms with Crippen molar-refractivity contribution in [3.05, 3.63) is 65.2 Å². The molecule has 1 saturated heterocycles. The van der Waals surface area contributed by atoms with Crippen molar-refractivity contribution < 1.29 is 13.2 Å². The minimum absolute atomic E-state index is 0.171. The summed E-state index contributed by atoms with van der Waals surface area (Å²) in [6.45, 7) is 8.31. The summed E-state index contributed by atoms with van der Waals surface area (Å²) in [5.41, 5.74) is 4.16. The first-order valence-corrected chi connectivity index (χ1v) is 13.1. The third kappa shape index (κ3) is 6.81. The second-order valence-corrected chi connectivity index (χ2v) is 11.1. The smallest absolute Gasteiger partial charge is 0.235 e. The second kappa shape index (κ2) is 10.5. The van der Waals surface area contributed by atoms with Gasteiger partial charge in [0, 0.05) is 25.3 Å². The fourth-order valence-corrected chi connectivity index (χ4v) is 4.85. The maximum atomic E-state index is 12.7. The molecule has 0 aromatic heterocycles. The van der Waals surface area contributed by atoms with Crippen LogP contribution in [0, 0.1) is 12.8 Å². The van der Waals surface area contributed by atoms with E-state index < -0.39 is 10.0 Å². The molecule has 0 radical (unpaired) electrons. The average molecular weight is 458 g/mol. The monoisotopic (exact) mass is 457 g/mol. The molecule has 1 fully saturated rings. The van der Waals surface area contributed by atoms with E-state index >= 15 is 0 Å². The lowest BCUT2D eigenvalue weighted by Gasteiger charge is -2.33. The Hall–Kier alpha value is -2.38. The van der Waals surface area contributed by atoms with Gasteiger partial charge in [0.2, 0.25) is 15.9 Å². The van der Waals surface area contributed by atoms with Crippen LogP contribution < -0.4 is 10.2 Å². The highest BCUT2D eigenvalue weighted by Crippen LogP contribution is 2.24. The van der Waals surface area contributed by atoms with Gasteiger partial charge >= 0.3 is 0 Å². The van der Waals surface area contributed by atoms with E-state index in [9.17, 15) is 13.2 Å². The topological polar surface area (TPSA) is 69.7 Å². The highest BCUT2D eigenvalue weighted by molar-refractivity contribution is 7.88. The number of nitrogens with one attached hydrogen (secondary N) is 1. The van der Waals surface area contributed by atoms with Crippen LogP contribution >= 0.6 is 0 Å². The zero-order valence-electron chi connectivity index (χ0n) is 19.5. The quantitative estimate of drug-likeness (QED) is 0.653. The van der Waals surface area contributed by atoms with E-state index in [4.69, 9.17) is 0 Å². The Labute approximate surface area is 192 Å². The summed E-state index contributed by atoms with van der Waals surface area (Å²) >= 11 is 0.